The van der Waals surface area contributed by atoms with E-state index >= 15 is 0 Å². The molecular formula is C18H13Cl3N2O3. The third-order valence-electron chi connectivity index (χ3n) is 3.80. The number of rotatable bonds is 4. The molecule has 1 aliphatic rings. The van der Waals surface area contributed by atoms with Gasteiger partial charge in [0.1, 0.15) is 16.5 Å². The molecular weight excluding hydrogens is 399 g/mol. The first-order valence-corrected chi connectivity index (χ1v) is 8.62. The third kappa shape index (κ3) is 3.26. The van der Waals surface area contributed by atoms with Gasteiger partial charge < -0.3 is 10.1 Å². The number of hydrogen-bond donors (Lipinski definition) is 1. The number of imide groups is 1. The number of halogens is 3. The first kappa shape index (κ1) is 18.6. The first-order valence-electron chi connectivity index (χ1n) is 7.48. The smallest absolute Gasteiger partial charge is 0.283 e. The number of carbonyl (C=O) groups is 2. The molecule has 8 heteroatoms. The van der Waals surface area contributed by atoms with E-state index in [-0.39, 0.29) is 21.4 Å². The van der Waals surface area contributed by atoms with Crippen molar-refractivity contribution in [2.45, 2.75) is 6.92 Å². The summed E-state index contributed by atoms with van der Waals surface area (Å²) in [6, 6.07) is 9.86. The van der Waals surface area contributed by atoms with E-state index in [2.05, 4.69) is 5.32 Å². The van der Waals surface area contributed by atoms with Crippen LogP contribution in [0.5, 0.6) is 5.75 Å². The van der Waals surface area contributed by atoms with Crippen LogP contribution in [-0.2, 0) is 9.59 Å². The number of carbonyl (C=O) groups excluding carboxylic acids is 2. The van der Waals surface area contributed by atoms with E-state index in [1.807, 2.05) is 13.0 Å². The van der Waals surface area contributed by atoms with E-state index in [0.29, 0.717) is 16.5 Å². The van der Waals surface area contributed by atoms with Gasteiger partial charge in [0.15, 0.2) is 0 Å². The molecule has 0 saturated carbocycles. The summed E-state index contributed by atoms with van der Waals surface area (Å²) in [5.41, 5.74) is 1.72. The number of nitrogens with zero attached hydrogens (tertiary/aromatic N) is 1. The number of methoxy groups -OCH3 is 1. The second-order valence-corrected chi connectivity index (χ2v) is 6.75. The molecule has 5 nitrogen and oxygen atoms in total. The number of amides is 2. The zero-order valence-electron chi connectivity index (χ0n) is 13.8. The van der Waals surface area contributed by atoms with Crippen LogP contribution in [0.25, 0.3) is 0 Å². The summed E-state index contributed by atoms with van der Waals surface area (Å²) in [6.45, 7) is 1.89. The van der Waals surface area contributed by atoms with Gasteiger partial charge in [0.25, 0.3) is 11.8 Å². The fraction of sp³-hybridized carbons (Fsp3) is 0.111. The minimum atomic E-state index is -0.649. The Morgan fingerprint density at radius 1 is 0.962 bits per heavy atom. The van der Waals surface area contributed by atoms with Crippen LogP contribution in [-0.4, -0.2) is 18.9 Å². The summed E-state index contributed by atoms with van der Waals surface area (Å²) in [7, 11) is 1.51. The summed E-state index contributed by atoms with van der Waals surface area (Å²) in [6.07, 6.45) is 0. The highest BCUT2D eigenvalue weighted by atomic mass is 35.5. The van der Waals surface area contributed by atoms with Gasteiger partial charge in [0.05, 0.1) is 28.5 Å². The zero-order valence-corrected chi connectivity index (χ0v) is 16.0. The number of ether oxygens (including phenoxy) is 1. The van der Waals surface area contributed by atoms with Crippen LogP contribution < -0.4 is 15.0 Å². The van der Waals surface area contributed by atoms with E-state index in [4.69, 9.17) is 39.5 Å². The largest absolute Gasteiger partial charge is 0.495 e. The van der Waals surface area contributed by atoms with Gasteiger partial charge in [0, 0.05) is 0 Å². The van der Waals surface area contributed by atoms with Crippen LogP contribution in [0.4, 0.5) is 11.4 Å². The molecule has 0 saturated heterocycles. The molecule has 2 amide bonds. The Morgan fingerprint density at radius 3 is 2.35 bits per heavy atom. The van der Waals surface area contributed by atoms with Gasteiger partial charge in [-0.1, -0.05) is 40.9 Å². The Bertz CT molecular complexity index is 957. The molecule has 0 radical (unpaired) electrons. The van der Waals surface area contributed by atoms with Crippen LogP contribution in [0.3, 0.4) is 0 Å². The standard InChI is InChI=1S/C18H13Cl3N2O3/c1-9-3-6-14(26-2)13(7-9)22-16-15(21)17(24)23(18(16)25)10-4-5-11(19)12(20)8-10/h3-8,22H,1-2H3. The van der Waals surface area contributed by atoms with Gasteiger partial charge in [-0.15, -0.1) is 0 Å². The minimum absolute atomic E-state index is 0.0355. The Hall–Kier alpha value is -2.21. The van der Waals surface area contributed by atoms with E-state index < -0.39 is 11.8 Å². The van der Waals surface area contributed by atoms with E-state index in [1.54, 1.807) is 12.1 Å². The zero-order chi connectivity index (χ0) is 19.0. The van der Waals surface area contributed by atoms with Crippen molar-refractivity contribution in [3.8, 4) is 5.75 Å². The average molecular weight is 412 g/mol. The van der Waals surface area contributed by atoms with Crippen molar-refractivity contribution in [2.24, 2.45) is 0 Å². The van der Waals surface area contributed by atoms with Gasteiger partial charge in [-0.25, -0.2) is 4.90 Å². The Morgan fingerprint density at radius 2 is 1.69 bits per heavy atom. The number of aryl methyl sites for hydroxylation is 1. The lowest BCUT2D eigenvalue weighted by molar-refractivity contribution is -0.120. The van der Waals surface area contributed by atoms with Crippen molar-refractivity contribution >= 4 is 58.0 Å². The second-order valence-electron chi connectivity index (χ2n) is 5.56. The van der Waals surface area contributed by atoms with Gasteiger partial charge in [-0.2, -0.15) is 0 Å². The highest BCUT2D eigenvalue weighted by Crippen LogP contribution is 2.35. The predicted molar refractivity (Wildman–Crippen MR) is 103 cm³/mol. The predicted octanol–water partition coefficient (Wildman–Crippen LogP) is 4.75. The molecule has 2 aromatic rings. The monoisotopic (exact) mass is 410 g/mol. The Balaban J connectivity index is 1.97. The molecule has 1 aliphatic heterocycles. The van der Waals surface area contributed by atoms with Gasteiger partial charge in [-0.3, -0.25) is 9.59 Å². The molecule has 0 unspecified atom stereocenters. The highest BCUT2D eigenvalue weighted by Gasteiger charge is 2.39. The maximum Gasteiger partial charge on any atom is 0.283 e. The summed E-state index contributed by atoms with van der Waals surface area (Å²) in [5.74, 6) is -0.730. The Kier molecular flexibility index (Phi) is 5.14. The summed E-state index contributed by atoms with van der Waals surface area (Å²) in [5, 5.41) is 3.23. The second kappa shape index (κ2) is 7.19. The van der Waals surface area contributed by atoms with Crippen molar-refractivity contribution in [2.75, 3.05) is 17.3 Å². The fourth-order valence-electron chi connectivity index (χ4n) is 2.52. The molecule has 2 aromatic carbocycles. The molecule has 0 fully saturated rings. The van der Waals surface area contributed by atoms with Crippen LogP contribution >= 0.6 is 34.8 Å². The van der Waals surface area contributed by atoms with E-state index in [9.17, 15) is 9.59 Å². The number of benzene rings is 2. The number of hydrogen-bond acceptors (Lipinski definition) is 4. The van der Waals surface area contributed by atoms with Crippen molar-refractivity contribution < 1.29 is 14.3 Å². The Labute approximate surface area is 165 Å². The van der Waals surface area contributed by atoms with Crippen LogP contribution in [0.1, 0.15) is 5.56 Å². The molecule has 1 heterocycles. The SMILES string of the molecule is COc1ccc(C)cc1NC1=C(Cl)C(=O)N(c2ccc(Cl)c(Cl)c2)C1=O. The van der Waals surface area contributed by atoms with Crippen LogP contribution in [0.2, 0.25) is 10.0 Å². The minimum Gasteiger partial charge on any atom is -0.495 e. The molecule has 26 heavy (non-hydrogen) atoms. The molecule has 0 atom stereocenters. The number of nitrogens with one attached hydrogen (secondary N) is 1. The van der Waals surface area contributed by atoms with Crippen molar-refractivity contribution in [3.63, 3.8) is 0 Å². The highest BCUT2D eigenvalue weighted by molar-refractivity contribution is 6.53. The molecule has 0 spiro atoms. The van der Waals surface area contributed by atoms with E-state index in [0.717, 1.165) is 10.5 Å². The fourth-order valence-corrected chi connectivity index (χ4v) is 3.03. The van der Waals surface area contributed by atoms with Crippen molar-refractivity contribution in [1.29, 1.82) is 0 Å². The van der Waals surface area contributed by atoms with Crippen LogP contribution in [0, 0.1) is 6.92 Å². The molecule has 1 N–H and O–H groups in total. The third-order valence-corrected chi connectivity index (χ3v) is 4.89. The quantitative estimate of drug-likeness (QED) is 0.738. The van der Waals surface area contributed by atoms with E-state index in [1.165, 1.54) is 25.3 Å². The summed E-state index contributed by atoms with van der Waals surface area (Å²) < 4.78 is 5.28. The van der Waals surface area contributed by atoms with Gasteiger partial charge in [-0.05, 0) is 42.8 Å². The molecule has 0 aliphatic carbocycles. The van der Waals surface area contributed by atoms with Gasteiger partial charge >= 0.3 is 0 Å². The lowest BCUT2D eigenvalue weighted by atomic mass is 10.2. The lowest BCUT2D eigenvalue weighted by Crippen LogP contribution is -2.32. The van der Waals surface area contributed by atoms with Crippen molar-refractivity contribution in [3.05, 3.63) is 62.7 Å². The maximum absolute atomic E-state index is 12.8. The lowest BCUT2D eigenvalue weighted by Gasteiger charge is -2.16. The molecule has 3 rings (SSSR count). The van der Waals surface area contributed by atoms with Gasteiger partial charge in [0.2, 0.25) is 0 Å². The summed E-state index contributed by atoms with van der Waals surface area (Å²) >= 11 is 18.0. The normalized spacial score (nSPS) is 14.3. The first-order chi connectivity index (χ1) is 12.3. The molecule has 0 bridgehead atoms. The van der Waals surface area contributed by atoms with Crippen LogP contribution in [0.15, 0.2) is 47.1 Å². The average Bonchev–Trinajstić information content (AvgIpc) is 2.81. The maximum atomic E-state index is 12.8. The van der Waals surface area contributed by atoms with Crippen molar-refractivity contribution in [1.82, 2.24) is 0 Å². The molecule has 134 valence electrons. The molecule has 0 aromatic heterocycles. The topological polar surface area (TPSA) is 58.6 Å². The summed E-state index contributed by atoms with van der Waals surface area (Å²) in [4.78, 5) is 26.2. The number of anilines is 2.